The number of rotatable bonds is 0. The van der Waals surface area contributed by atoms with Crippen molar-refractivity contribution in [1.82, 2.24) is 0 Å². The summed E-state index contributed by atoms with van der Waals surface area (Å²) >= 11 is 1.13. The number of hydrogen-bond donors (Lipinski definition) is 0. The van der Waals surface area contributed by atoms with E-state index >= 15 is 0 Å². The molecule has 20 valence electrons. The SMILES string of the molecule is P.[LiH].[S]=[Sn]. The first kappa shape index (κ1) is 16.6. The van der Waals surface area contributed by atoms with Gasteiger partial charge < -0.3 is 0 Å². The van der Waals surface area contributed by atoms with E-state index in [0.717, 1.165) is 20.6 Å². The Morgan fingerprint density at radius 2 is 1.25 bits per heavy atom. The van der Waals surface area contributed by atoms with Gasteiger partial charge in [0.1, 0.15) is 0 Å². The van der Waals surface area contributed by atoms with Gasteiger partial charge in [-0.1, -0.05) is 0 Å². The molecule has 1 atom stereocenters. The van der Waals surface area contributed by atoms with Crippen molar-refractivity contribution in [1.29, 1.82) is 0 Å². The maximum atomic E-state index is 4.17. The first-order valence-corrected chi connectivity index (χ1v) is 4.11. The van der Waals surface area contributed by atoms with Gasteiger partial charge in [0.2, 0.25) is 0 Å². The summed E-state index contributed by atoms with van der Waals surface area (Å²) in [6.45, 7) is 0. The fourth-order valence-corrected chi connectivity index (χ4v) is 0. The van der Waals surface area contributed by atoms with Crippen LogP contribution >= 0.6 is 19.2 Å². The van der Waals surface area contributed by atoms with Crippen LogP contribution in [0.5, 0.6) is 0 Å². The van der Waals surface area contributed by atoms with E-state index in [0.29, 0.717) is 0 Å². The molecule has 2 radical (unpaired) electrons. The molecule has 0 aromatic carbocycles. The monoisotopic (exact) mass is 194 g/mol. The van der Waals surface area contributed by atoms with E-state index in [4.69, 9.17) is 0 Å². The third kappa shape index (κ3) is 8.97. The molecule has 0 bridgehead atoms. The van der Waals surface area contributed by atoms with E-state index in [1.165, 1.54) is 0 Å². The summed E-state index contributed by atoms with van der Waals surface area (Å²) in [6, 6.07) is 0. The summed E-state index contributed by atoms with van der Waals surface area (Å²) in [5.74, 6) is 0. The predicted octanol–water partition coefficient (Wildman–Crippen LogP) is -0.323. The first-order chi connectivity index (χ1) is 1.00. The Kier molecular flexibility index (Phi) is 81.8. The summed E-state index contributed by atoms with van der Waals surface area (Å²) in [7, 11) is 4.17. The molecule has 0 fully saturated rings. The minimum atomic E-state index is 0. The molecule has 0 saturated heterocycles. The molecule has 0 aliphatic carbocycles. The van der Waals surface area contributed by atoms with E-state index in [9.17, 15) is 0 Å². The average molecular weight is 193 g/mol. The zero-order valence-corrected chi connectivity index (χ0v) is 6.70. The second-order valence-corrected chi connectivity index (χ2v) is 0. The molecule has 0 saturated carbocycles. The molecule has 4 heteroatoms. The Bertz CT molecular complexity index is 8.00. The van der Waals surface area contributed by atoms with E-state index in [2.05, 4.69) is 9.29 Å². The fraction of sp³-hybridized carbons (Fsp3) is 0. The van der Waals surface area contributed by atoms with E-state index in [1.54, 1.807) is 0 Å². The van der Waals surface area contributed by atoms with Gasteiger partial charge >= 0.3 is 48.7 Å². The Labute approximate surface area is 58.2 Å². The van der Waals surface area contributed by atoms with Gasteiger partial charge in [-0.3, -0.25) is 0 Å². The van der Waals surface area contributed by atoms with Crippen LogP contribution in [0.3, 0.4) is 0 Å². The van der Waals surface area contributed by atoms with Crippen LogP contribution in [-0.4, -0.2) is 39.4 Å². The molecule has 0 N–H and O–H groups in total. The van der Waals surface area contributed by atoms with Gasteiger partial charge in [0.25, 0.3) is 0 Å². The molecule has 4 heavy (non-hydrogen) atoms. The van der Waals surface area contributed by atoms with Crippen molar-refractivity contribution in [2.45, 2.75) is 0 Å². The summed E-state index contributed by atoms with van der Waals surface area (Å²) in [4.78, 5) is 0. The van der Waals surface area contributed by atoms with Gasteiger partial charge in [-0.2, -0.15) is 9.90 Å². The zero-order valence-electron chi connectivity index (χ0n) is 1.62. The molecule has 0 nitrogen and oxygen atoms in total. The van der Waals surface area contributed by atoms with Gasteiger partial charge in [0, 0.05) is 0 Å². The molecule has 0 rings (SSSR count). The third-order valence-electron chi connectivity index (χ3n) is 0. The van der Waals surface area contributed by atoms with Crippen molar-refractivity contribution >= 4 is 58.6 Å². The van der Waals surface area contributed by atoms with Gasteiger partial charge in [0.05, 0.1) is 0 Å². The quantitative estimate of drug-likeness (QED) is 0.375. The zero-order chi connectivity index (χ0) is 2.00. The average Bonchev–Trinajstić information content (AvgIpc) is 1.00. The maximum absolute atomic E-state index is 4.17. The van der Waals surface area contributed by atoms with E-state index < -0.39 is 0 Å². The van der Waals surface area contributed by atoms with Crippen molar-refractivity contribution in [3.05, 3.63) is 0 Å². The molecule has 0 aromatic heterocycles. The molecule has 0 amide bonds. The van der Waals surface area contributed by atoms with Crippen LogP contribution in [0, 0.1) is 0 Å². The summed E-state index contributed by atoms with van der Waals surface area (Å²) in [5.41, 5.74) is 0. The molecule has 0 aliphatic rings. The molecular formula is H4LiPSSn. The second kappa shape index (κ2) is 19.7. The van der Waals surface area contributed by atoms with Crippen LogP contribution in [0.4, 0.5) is 0 Å². The van der Waals surface area contributed by atoms with E-state index in [-0.39, 0.29) is 28.8 Å². The Morgan fingerprint density at radius 1 is 1.25 bits per heavy atom. The van der Waals surface area contributed by atoms with Crippen molar-refractivity contribution in [3.8, 4) is 0 Å². The predicted molar refractivity (Wildman–Crippen MR) is 31.6 cm³/mol. The van der Waals surface area contributed by atoms with Gasteiger partial charge in [-0.05, 0) is 0 Å². The van der Waals surface area contributed by atoms with Gasteiger partial charge in [-0.15, -0.1) is 0 Å². The first-order valence-electron chi connectivity index (χ1n) is 0.204. The Morgan fingerprint density at radius 3 is 1.25 bits per heavy atom. The second-order valence-electron chi connectivity index (χ2n) is 0. The Balaban J connectivity index is -0.00000000500. The van der Waals surface area contributed by atoms with Crippen molar-refractivity contribution in [2.75, 3.05) is 0 Å². The molecule has 1 unspecified atom stereocenters. The van der Waals surface area contributed by atoms with Gasteiger partial charge in [0.15, 0.2) is 0 Å². The van der Waals surface area contributed by atoms with Crippen molar-refractivity contribution in [3.63, 3.8) is 0 Å². The van der Waals surface area contributed by atoms with E-state index in [1.807, 2.05) is 0 Å². The molecule has 0 aromatic rings. The molecule has 0 spiro atoms. The topological polar surface area (TPSA) is 0 Å². The van der Waals surface area contributed by atoms with Crippen molar-refractivity contribution in [2.24, 2.45) is 0 Å². The fourth-order valence-electron chi connectivity index (χ4n) is 0. The molecule has 0 heterocycles. The van der Waals surface area contributed by atoms with Crippen LogP contribution in [0.15, 0.2) is 0 Å². The van der Waals surface area contributed by atoms with Crippen LogP contribution in [0.25, 0.3) is 0 Å². The molecular weight excluding hydrogens is 189 g/mol. The summed E-state index contributed by atoms with van der Waals surface area (Å²) in [5, 5.41) is 0. The van der Waals surface area contributed by atoms with Crippen LogP contribution in [-0.2, 0) is 0 Å². The van der Waals surface area contributed by atoms with Crippen LogP contribution < -0.4 is 0 Å². The summed E-state index contributed by atoms with van der Waals surface area (Å²) in [6.07, 6.45) is 0. The standard InChI is InChI=1S/Li.H3P.S.Sn.H/h;1H3;;;. The minimum absolute atomic E-state index is 0. The summed E-state index contributed by atoms with van der Waals surface area (Å²) < 4.78 is 0. The van der Waals surface area contributed by atoms with Crippen LogP contribution in [0.1, 0.15) is 0 Å². The Hall–Kier alpha value is 2.05. The van der Waals surface area contributed by atoms with Crippen molar-refractivity contribution < 1.29 is 0 Å². The third-order valence-corrected chi connectivity index (χ3v) is 0. The van der Waals surface area contributed by atoms with Crippen LogP contribution in [0.2, 0.25) is 0 Å². The molecule has 0 aliphatic heterocycles. The normalized spacial score (nSPS) is 1.00. The number of hydrogen-bond acceptors (Lipinski definition) is 1. The van der Waals surface area contributed by atoms with Gasteiger partial charge in [-0.25, -0.2) is 0 Å².